The monoisotopic (exact) mass is 293 g/mol. The summed E-state index contributed by atoms with van der Waals surface area (Å²) in [5, 5.41) is 10.8. The van der Waals surface area contributed by atoms with Crippen LogP contribution in [0.3, 0.4) is 0 Å². The largest absolute Gasteiger partial charge is 0.342 e. The van der Waals surface area contributed by atoms with E-state index in [9.17, 15) is 4.79 Å². The molecule has 4 nitrogen and oxygen atoms in total. The number of rotatable bonds is 3. The van der Waals surface area contributed by atoms with Gasteiger partial charge in [0.1, 0.15) is 10.0 Å². The molecule has 0 spiro atoms. The first-order valence-corrected chi connectivity index (χ1v) is 8.70. The number of hydrogen-bond donors (Lipinski definition) is 0. The van der Waals surface area contributed by atoms with E-state index in [1.54, 1.807) is 11.3 Å². The Morgan fingerprint density at radius 2 is 1.90 bits per heavy atom. The SMILES string of the molecule is CCc1nnc(C2CCN(C(=O)C3CCCC3)CC2)s1. The van der Waals surface area contributed by atoms with Gasteiger partial charge < -0.3 is 4.90 Å². The highest BCUT2D eigenvalue weighted by Crippen LogP contribution is 2.32. The van der Waals surface area contributed by atoms with Crippen LogP contribution < -0.4 is 0 Å². The first-order valence-electron chi connectivity index (χ1n) is 7.89. The molecular weight excluding hydrogens is 270 g/mol. The number of aromatic nitrogens is 2. The Balaban J connectivity index is 1.55. The summed E-state index contributed by atoms with van der Waals surface area (Å²) in [6, 6.07) is 0. The Morgan fingerprint density at radius 1 is 1.20 bits per heavy atom. The van der Waals surface area contributed by atoms with Gasteiger partial charge in [-0.1, -0.05) is 19.8 Å². The summed E-state index contributed by atoms with van der Waals surface area (Å²) in [5.41, 5.74) is 0. The summed E-state index contributed by atoms with van der Waals surface area (Å²) >= 11 is 1.75. The summed E-state index contributed by atoms with van der Waals surface area (Å²) in [7, 11) is 0. The maximum atomic E-state index is 12.4. The first kappa shape index (κ1) is 14.0. The van der Waals surface area contributed by atoms with Gasteiger partial charge in [-0.25, -0.2) is 0 Å². The molecule has 1 aliphatic heterocycles. The maximum absolute atomic E-state index is 12.4. The van der Waals surface area contributed by atoms with E-state index in [0.29, 0.717) is 17.7 Å². The van der Waals surface area contributed by atoms with Gasteiger partial charge in [0, 0.05) is 24.9 Å². The molecule has 2 aliphatic rings. The number of aryl methyl sites for hydroxylation is 1. The highest BCUT2D eigenvalue weighted by Gasteiger charge is 2.31. The second-order valence-electron chi connectivity index (χ2n) is 5.97. The number of hydrogen-bond acceptors (Lipinski definition) is 4. The minimum atomic E-state index is 0.319. The van der Waals surface area contributed by atoms with Crippen molar-refractivity contribution in [2.45, 2.75) is 57.8 Å². The highest BCUT2D eigenvalue weighted by molar-refractivity contribution is 7.11. The van der Waals surface area contributed by atoms with Gasteiger partial charge >= 0.3 is 0 Å². The molecule has 1 amide bonds. The van der Waals surface area contributed by atoms with Gasteiger partial charge in [-0.05, 0) is 32.1 Å². The first-order chi connectivity index (χ1) is 9.78. The van der Waals surface area contributed by atoms with Crippen molar-refractivity contribution in [1.82, 2.24) is 15.1 Å². The van der Waals surface area contributed by atoms with E-state index in [2.05, 4.69) is 22.0 Å². The minimum Gasteiger partial charge on any atom is -0.342 e. The smallest absolute Gasteiger partial charge is 0.225 e. The predicted molar refractivity (Wildman–Crippen MR) is 79.8 cm³/mol. The van der Waals surface area contributed by atoms with Gasteiger partial charge in [0.05, 0.1) is 0 Å². The number of carbonyl (C=O) groups excluding carboxylic acids is 1. The second kappa shape index (κ2) is 6.20. The molecule has 1 aliphatic carbocycles. The van der Waals surface area contributed by atoms with Gasteiger partial charge in [-0.3, -0.25) is 4.79 Å². The van der Waals surface area contributed by atoms with E-state index in [-0.39, 0.29) is 0 Å². The molecule has 0 unspecified atom stereocenters. The van der Waals surface area contributed by atoms with Gasteiger partial charge in [-0.15, -0.1) is 21.5 Å². The average molecular weight is 293 g/mol. The van der Waals surface area contributed by atoms with Gasteiger partial charge in [0.15, 0.2) is 0 Å². The van der Waals surface area contributed by atoms with Gasteiger partial charge in [-0.2, -0.15) is 0 Å². The number of nitrogens with zero attached hydrogens (tertiary/aromatic N) is 3. The van der Waals surface area contributed by atoms with E-state index in [0.717, 1.165) is 50.2 Å². The Morgan fingerprint density at radius 3 is 2.50 bits per heavy atom. The van der Waals surface area contributed by atoms with Crippen LogP contribution in [0.15, 0.2) is 0 Å². The lowest BCUT2D eigenvalue weighted by Crippen LogP contribution is -2.40. The van der Waals surface area contributed by atoms with Crippen molar-refractivity contribution in [1.29, 1.82) is 0 Å². The zero-order valence-electron chi connectivity index (χ0n) is 12.2. The molecule has 0 bridgehead atoms. The summed E-state index contributed by atoms with van der Waals surface area (Å²) in [5.74, 6) is 1.24. The van der Waals surface area contributed by atoms with Crippen molar-refractivity contribution < 1.29 is 4.79 Å². The lowest BCUT2D eigenvalue weighted by atomic mass is 9.96. The van der Waals surface area contributed by atoms with Crippen molar-refractivity contribution in [2.75, 3.05) is 13.1 Å². The van der Waals surface area contributed by atoms with Crippen LogP contribution in [-0.2, 0) is 11.2 Å². The van der Waals surface area contributed by atoms with Gasteiger partial charge in [0.25, 0.3) is 0 Å². The highest BCUT2D eigenvalue weighted by atomic mass is 32.1. The molecule has 0 radical (unpaired) electrons. The molecule has 110 valence electrons. The lowest BCUT2D eigenvalue weighted by molar-refractivity contribution is -0.136. The molecule has 2 fully saturated rings. The zero-order valence-corrected chi connectivity index (χ0v) is 13.0. The van der Waals surface area contributed by atoms with E-state index in [1.807, 2.05) is 0 Å². The molecule has 5 heteroatoms. The molecule has 0 aromatic carbocycles. The second-order valence-corrected chi connectivity index (χ2v) is 7.06. The Labute approximate surface area is 124 Å². The molecule has 3 rings (SSSR count). The predicted octanol–water partition coefficient (Wildman–Crippen LogP) is 3.00. The van der Waals surface area contributed by atoms with Crippen molar-refractivity contribution in [3.63, 3.8) is 0 Å². The van der Waals surface area contributed by atoms with Crippen LogP contribution in [0.25, 0.3) is 0 Å². The number of likely N-dealkylation sites (tertiary alicyclic amines) is 1. The Bertz CT molecular complexity index is 459. The Hall–Kier alpha value is -0.970. The maximum Gasteiger partial charge on any atom is 0.225 e. The summed E-state index contributed by atoms with van der Waals surface area (Å²) < 4.78 is 0. The normalized spacial score (nSPS) is 21.6. The van der Waals surface area contributed by atoms with E-state index in [4.69, 9.17) is 0 Å². The summed E-state index contributed by atoms with van der Waals surface area (Å²) in [6.45, 7) is 3.93. The van der Waals surface area contributed by atoms with Crippen molar-refractivity contribution >= 4 is 17.2 Å². The molecule has 0 N–H and O–H groups in total. The van der Waals surface area contributed by atoms with Crippen molar-refractivity contribution in [2.24, 2.45) is 5.92 Å². The topological polar surface area (TPSA) is 46.1 Å². The number of amides is 1. The molecule has 1 saturated heterocycles. The Kier molecular flexibility index (Phi) is 4.34. The molecule has 1 aromatic rings. The third-order valence-corrected chi connectivity index (χ3v) is 5.88. The van der Waals surface area contributed by atoms with Crippen LogP contribution in [-0.4, -0.2) is 34.1 Å². The third-order valence-electron chi connectivity index (χ3n) is 4.65. The van der Waals surface area contributed by atoms with Crippen LogP contribution in [0.4, 0.5) is 0 Å². The van der Waals surface area contributed by atoms with Crippen LogP contribution in [0.5, 0.6) is 0 Å². The van der Waals surface area contributed by atoms with Crippen molar-refractivity contribution in [3.8, 4) is 0 Å². The minimum absolute atomic E-state index is 0.319. The van der Waals surface area contributed by atoms with Crippen molar-refractivity contribution in [3.05, 3.63) is 10.0 Å². The molecule has 1 aromatic heterocycles. The van der Waals surface area contributed by atoms with Crippen LogP contribution in [0, 0.1) is 5.92 Å². The fourth-order valence-electron chi connectivity index (χ4n) is 3.35. The van der Waals surface area contributed by atoms with Crippen LogP contribution >= 0.6 is 11.3 Å². The fraction of sp³-hybridized carbons (Fsp3) is 0.800. The number of carbonyl (C=O) groups is 1. The summed E-state index contributed by atoms with van der Waals surface area (Å²) in [6.07, 6.45) is 7.75. The zero-order chi connectivity index (χ0) is 13.9. The molecule has 2 heterocycles. The molecule has 20 heavy (non-hydrogen) atoms. The molecule has 1 saturated carbocycles. The average Bonchev–Trinajstić information content (AvgIpc) is 3.18. The summed E-state index contributed by atoms with van der Waals surface area (Å²) in [4.78, 5) is 14.5. The third kappa shape index (κ3) is 2.87. The van der Waals surface area contributed by atoms with Crippen LogP contribution in [0.1, 0.15) is 61.4 Å². The molecule has 0 atom stereocenters. The van der Waals surface area contributed by atoms with E-state index >= 15 is 0 Å². The number of piperidine rings is 1. The standard InChI is InChI=1S/C15H23N3OS/c1-2-13-16-17-14(20-13)11-7-9-18(10-8-11)15(19)12-5-3-4-6-12/h11-12H,2-10H2,1H3. The lowest BCUT2D eigenvalue weighted by Gasteiger charge is -2.32. The van der Waals surface area contributed by atoms with E-state index < -0.39 is 0 Å². The quantitative estimate of drug-likeness (QED) is 0.860. The molecular formula is C15H23N3OS. The van der Waals surface area contributed by atoms with Gasteiger partial charge in [0.2, 0.25) is 5.91 Å². The fourth-order valence-corrected chi connectivity index (χ4v) is 4.30. The van der Waals surface area contributed by atoms with E-state index in [1.165, 1.54) is 17.8 Å². The van der Waals surface area contributed by atoms with Crippen LogP contribution in [0.2, 0.25) is 0 Å².